The summed E-state index contributed by atoms with van der Waals surface area (Å²) in [6.07, 6.45) is 6.09. The van der Waals surface area contributed by atoms with E-state index < -0.39 is 0 Å². The third-order valence-electron chi connectivity index (χ3n) is 6.44. The topological polar surface area (TPSA) is 68.9 Å². The fourth-order valence-electron chi connectivity index (χ4n) is 4.94. The highest BCUT2D eigenvalue weighted by atomic mass is 15.0. The summed E-state index contributed by atoms with van der Waals surface area (Å²) in [6.45, 7) is 8.77. The van der Waals surface area contributed by atoms with Crippen LogP contribution < -0.4 is 5.32 Å². The Bertz CT molecular complexity index is 1280. The largest absolute Gasteiger partial charge is 0.354 e. The lowest BCUT2D eigenvalue weighted by atomic mass is 9.88. The molecule has 1 fully saturated rings. The van der Waals surface area contributed by atoms with E-state index in [1.54, 1.807) is 6.20 Å². The van der Waals surface area contributed by atoms with Gasteiger partial charge >= 0.3 is 0 Å². The Labute approximate surface area is 176 Å². The average Bonchev–Trinajstić information content (AvgIpc) is 3.35. The Balaban J connectivity index is 1.70. The van der Waals surface area contributed by atoms with Crippen LogP contribution in [0.15, 0.2) is 36.7 Å². The van der Waals surface area contributed by atoms with Crippen LogP contribution in [0.25, 0.3) is 27.8 Å². The van der Waals surface area contributed by atoms with Crippen molar-refractivity contribution in [1.29, 1.82) is 5.26 Å². The smallest absolute Gasteiger partial charge is 0.144 e. The third-order valence-corrected chi connectivity index (χ3v) is 6.44. The van der Waals surface area contributed by atoms with Crippen molar-refractivity contribution in [3.05, 3.63) is 59.0 Å². The minimum Gasteiger partial charge on any atom is -0.354 e. The molecule has 0 amide bonds. The molecule has 0 bridgehead atoms. The Kier molecular flexibility index (Phi) is 4.60. The number of rotatable bonds is 3. The maximum atomic E-state index is 9.47. The highest BCUT2D eigenvalue weighted by molar-refractivity contribution is 5.92. The van der Waals surface area contributed by atoms with Crippen LogP contribution in [0.1, 0.15) is 60.9 Å². The van der Waals surface area contributed by atoms with Crippen molar-refractivity contribution in [3.8, 4) is 17.3 Å². The number of hydrogen-bond donors (Lipinski definition) is 2. The van der Waals surface area contributed by atoms with E-state index in [-0.39, 0.29) is 0 Å². The molecule has 0 atom stereocenters. The van der Waals surface area contributed by atoms with Gasteiger partial charge in [-0.1, -0.05) is 19.9 Å². The second-order valence-electron chi connectivity index (χ2n) is 8.76. The molecular formula is C25H27N5. The number of fused-ring (bicyclic) bond motifs is 2. The first-order valence-corrected chi connectivity index (χ1v) is 10.8. The molecule has 1 aliphatic rings. The monoisotopic (exact) mass is 397 g/mol. The number of benzene rings is 1. The fraction of sp³-hybridized carbons (Fsp3) is 0.360. The van der Waals surface area contributed by atoms with E-state index in [4.69, 9.17) is 0 Å². The van der Waals surface area contributed by atoms with Crippen molar-refractivity contribution >= 4 is 16.6 Å². The van der Waals surface area contributed by atoms with Gasteiger partial charge in [-0.15, -0.1) is 0 Å². The molecule has 30 heavy (non-hydrogen) atoms. The van der Waals surface area contributed by atoms with E-state index >= 15 is 0 Å². The van der Waals surface area contributed by atoms with Gasteiger partial charge in [-0.3, -0.25) is 4.40 Å². The van der Waals surface area contributed by atoms with Crippen LogP contribution >= 0.6 is 0 Å². The number of aromatic amines is 1. The Morgan fingerprint density at radius 2 is 2.00 bits per heavy atom. The number of nitrogens with one attached hydrogen (secondary N) is 2. The van der Waals surface area contributed by atoms with Crippen LogP contribution in [0.5, 0.6) is 0 Å². The van der Waals surface area contributed by atoms with Crippen molar-refractivity contribution in [2.45, 2.75) is 45.4 Å². The molecule has 0 spiro atoms. The molecule has 5 nitrogen and oxygen atoms in total. The van der Waals surface area contributed by atoms with E-state index in [2.05, 4.69) is 66.4 Å². The molecule has 0 saturated carbocycles. The summed E-state index contributed by atoms with van der Waals surface area (Å²) in [6, 6.07) is 11.4. The lowest BCUT2D eigenvalue weighted by Gasteiger charge is -2.23. The number of pyridine rings is 1. The van der Waals surface area contributed by atoms with Crippen molar-refractivity contribution in [3.63, 3.8) is 0 Å². The second kappa shape index (κ2) is 7.30. The van der Waals surface area contributed by atoms with Gasteiger partial charge in [0.05, 0.1) is 11.9 Å². The molecule has 4 heterocycles. The van der Waals surface area contributed by atoms with Crippen LogP contribution in [-0.2, 0) is 0 Å². The summed E-state index contributed by atoms with van der Waals surface area (Å²) in [5.74, 6) is 1.02. The quantitative estimate of drug-likeness (QED) is 0.496. The zero-order chi connectivity index (χ0) is 20.8. The van der Waals surface area contributed by atoms with E-state index in [0.717, 1.165) is 35.6 Å². The van der Waals surface area contributed by atoms with E-state index in [1.807, 2.05) is 10.6 Å². The van der Waals surface area contributed by atoms with Crippen molar-refractivity contribution in [2.75, 3.05) is 13.1 Å². The number of piperidine rings is 1. The number of imidazole rings is 1. The standard InChI is InChI=1S/C25H27N5/c1-15(2)23-21-11-18(17-6-8-27-9-7-17)4-5-22(21)29-24(23)19-10-16(3)25-28-13-20(12-26)30(25)14-19/h4-5,10-11,13-15,17,27,29H,6-9H2,1-3H3. The number of nitrogens with zero attached hydrogens (tertiary/aromatic N) is 3. The van der Waals surface area contributed by atoms with E-state index in [1.165, 1.54) is 34.9 Å². The zero-order valence-electron chi connectivity index (χ0n) is 17.8. The molecule has 3 aromatic heterocycles. The molecule has 5 rings (SSSR count). The first-order chi connectivity index (χ1) is 14.6. The predicted octanol–water partition coefficient (Wildman–Crippen LogP) is 5.25. The van der Waals surface area contributed by atoms with Gasteiger partial charge < -0.3 is 10.3 Å². The van der Waals surface area contributed by atoms with Crippen LogP contribution in [-0.4, -0.2) is 27.5 Å². The van der Waals surface area contributed by atoms with Crippen LogP contribution in [0.3, 0.4) is 0 Å². The van der Waals surface area contributed by atoms with E-state index in [0.29, 0.717) is 17.5 Å². The highest BCUT2D eigenvalue weighted by Gasteiger charge is 2.21. The Hall–Kier alpha value is -3.10. The highest BCUT2D eigenvalue weighted by Crippen LogP contribution is 2.38. The maximum absolute atomic E-state index is 9.47. The van der Waals surface area contributed by atoms with Crippen LogP contribution in [0, 0.1) is 18.3 Å². The lowest BCUT2D eigenvalue weighted by Crippen LogP contribution is -2.26. The fourth-order valence-corrected chi connectivity index (χ4v) is 4.94. The number of nitriles is 1. The minimum atomic E-state index is 0.381. The summed E-state index contributed by atoms with van der Waals surface area (Å²) in [4.78, 5) is 8.10. The van der Waals surface area contributed by atoms with Gasteiger partial charge in [0.2, 0.25) is 0 Å². The van der Waals surface area contributed by atoms with Gasteiger partial charge in [-0.2, -0.15) is 5.26 Å². The molecular weight excluding hydrogens is 370 g/mol. The lowest BCUT2D eigenvalue weighted by molar-refractivity contribution is 0.460. The molecule has 5 heteroatoms. The number of H-pyrrole nitrogens is 1. The molecule has 0 unspecified atom stereocenters. The summed E-state index contributed by atoms with van der Waals surface area (Å²) in [5.41, 5.74) is 8.68. The molecule has 1 aliphatic heterocycles. The van der Waals surface area contributed by atoms with Gasteiger partial charge in [-0.25, -0.2) is 4.98 Å². The predicted molar refractivity (Wildman–Crippen MR) is 121 cm³/mol. The number of aromatic nitrogens is 3. The normalized spacial score (nSPS) is 15.3. The summed E-state index contributed by atoms with van der Waals surface area (Å²) >= 11 is 0. The first kappa shape index (κ1) is 18.9. The van der Waals surface area contributed by atoms with Crippen molar-refractivity contribution < 1.29 is 0 Å². The van der Waals surface area contributed by atoms with Crippen LogP contribution in [0.4, 0.5) is 0 Å². The zero-order valence-corrected chi connectivity index (χ0v) is 17.8. The molecule has 152 valence electrons. The number of aryl methyl sites for hydroxylation is 1. The maximum Gasteiger partial charge on any atom is 0.144 e. The summed E-state index contributed by atoms with van der Waals surface area (Å²) < 4.78 is 1.90. The van der Waals surface area contributed by atoms with Crippen molar-refractivity contribution in [1.82, 2.24) is 19.7 Å². The third kappa shape index (κ3) is 3.00. The first-order valence-electron chi connectivity index (χ1n) is 10.8. The summed E-state index contributed by atoms with van der Waals surface area (Å²) in [5, 5.41) is 14.3. The molecule has 0 radical (unpaired) electrons. The van der Waals surface area contributed by atoms with Crippen LogP contribution in [0.2, 0.25) is 0 Å². The van der Waals surface area contributed by atoms with Gasteiger partial charge in [0.1, 0.15) is 17.4 Å². The molecule has 1 aromatic carbocycles. The molecule has 2 N–H and O–H groups in total. The number of hydrogen-bond acceptors (Lipinski definition) is 3. The molecule has 4 aromatic rings. The van der Waals surface area contributed by atoms with Crippen molar-refractivity contribution in [2.24, 2.45) is 0 Å². The van der Waals surface area contributed by atoms with E-state index in [9.17, 15) is 5.26 Å². The Morgan fingerprint density at radius 1 is 1.20 bits per heavy atom. The Morgan fingerprint density at radius 3 is 2.73 bits per heavy atom. The van der Waals surface area contributed by atoms with Gasteiger partial charge in [0, 0.05) is 22.7 Å². The second-order valence-corrected chi connectivity index (χ2v) is 8.76. The van der Waals surface area contributed by atoms with Gasteiger partial charge in [0.25, 0.3) is 0 Å². The van der Waals surface area contributed by atoms with Gasteiger partial charge in [-0.05, 0) is 79.6 Å². The average molecular weight is 398 g/mol. The summed E-state index contributed by atoms with van der Waals surface area (Å²) in [7, 11) is 0. The molecule has 1 saturated heterocycles. The molecule has 0 aliphatic carbocycles. The SMILES string of the molecule is Cc1cc(-c2[nH]c3ccc(C4CCNCC4)cc3c2C(C)C)cn2c(C#N)cnc12. The van der Waals surface area contributed by atoms with Gasteiger partial charge in [0.15, 0.2) is 0 Å². The minimum absolute atomic E-state index is 0.381.